The highest BCUT2D eigenvalue weighted by atomic mass is 16.3. The molecule has 0 aromatic heterocycles. The molecule has 0 aliphatic carbocycles. The highest BCUT2D eigenvalue weighted by molar-refractivity contribution is 5.79. The van der Waals surface area contributed by atoms with Gasteiger partial charge < -0.3 is 15.3 Å². The van der Waals surface area contributed by atoms with Crippen molar-refractivity contribution >= 4 is 5.96 Å². The van der Waals surface area contributed by atoms with Crippen LogP contribution in [0, 0.1) is 5.41 Å². The zero-order valence-electron chi connectivity index (χ0n) is 13.8. The number of nitrogens with zero attached hydrogens (tertiary/aromatic N) is 2. The number of aliphatic hydroxyl groups is 1. The van der Waals surface area contributed by atoms with E-state index in [0.29, 0.717) is 6.54 Å². The van der Waals surface area contributed by atoms with Gasteiger partial charge in [0.15, 0.2) is 5.96 Å². The predicted octanol–water partition coefficient (Wildman–Crippen LogP) is 2.49. The Balaban J connectivity index is 2.69. The van der Waals surface area contributed by atoms with Crippen LogP contribution in [-0.4, -0.2) is 43.2 Å². The molecule has 4 heteroatoms. The van der Waals surface area contributed by atoms with Gasteiger partial charge in [-0.25, -0.2) is 4.99 Å². The molecule has 0 bridgehead atoms. The first-order valence-corrected chi connectivity index (χ1v) is 7.67. The minimum Gasteiger partial charge on any atom is -0.396 e. The summed E-state index contributed by atoms with van der Waals surface area (Å²) < 4.78 is 0. The lowest BCUT2D eigenvalue weighted by Gasteiger charge is -2.31. The molecule has 1 rings (SSSR count). The number of rotatable bonds is 7. The quantitative estimate of drug-likeness (QED) is 0.599. The van der Waals surface area contributed by atoms with Crippen LogP contribution >= 0.6 is 0 Å². The van der Waals surface area contributed by atoms with E-state index < -0.39 is 0 Å². The van der Waals surface area contributed by atoms with E-state index in [1.807, 2.05) is 37.2 Å². The fraction of sp³-hybridized carbons (Fsp3) is 0.588. The fourth-order valence-electron chi connectivity index (χ4n) is 2.15. The molecule has 0 saturated heterocycles. The van der Waals surface area contributed by atoms with Gasteiger partial charge in [-0.15, -0.1) is 0 Å². The monoisotopic (exact) mass is 291 g/mol. The molecule has 1 aromatic carbocycles. The standard InChI is InChI=1S/C17H29N3O/c1-5-17(6-2,14-21)13-19-16(20(3)4)18-12-15-10-8-7-9-11-15/h7-11,21H,5-6,12-14H2,1-4H3,(H,18,19). The topological polar surface area (TPSA) is 47.9 Å². The molecular formula is C17H29N3O. The van der Waals surface area contributed by atoms with E-state index in [1.165, 1.54) is 5.56 Å². The highest BCUT2D eigenvalue weighted by Crippen LogP contribution is 2.24. The van der Waals surface area contributed by atoms with Crippen molar-refractivity contribution in [1.29, 1.82) is 0 Å². The molecule has 0 spiro atoms. The fourth-order valence-corrected chi connectivity index (χ4v) is 2.15. The maximum atomic E-state index is 9.64. The van der Waals surface area contributed by atoms with Gasteiger partial charge in [0.2, 0.25) is 0 Å². The van der Waals surface area contributed by atoms with E-state index in [9.17, 15) is 5.11 Å². The maximum absolute atomic E-state index is 9.64. The Morgan fingerprint density at radius 2 is 1.81 bits per heavy atom. The molecule has 0 saturated carbocycles. The molecule has 21 heavy (non-hydrogen) atoms. The number of nitrogens with one attached hydrogen (secondary N) is 1. The van der Waals surface area contributed by atoms with Crippen molar-refractivity contribution in [1.82, 2.24) is 10.2 Å². The van der Waals surface area contributed by atoms with Gasteiger partial charge in [-0.2, -0.15) is 0 Å². The van der Waals surface area contributed by atoms with Crippen LogP contribution in [-0.2, 0) is 6.54 Å². The lowest BCUT2D eigenvalue weighted by atomic mass is 9.83. The molecule has 0 radical (unpaired) electrons. The number of benzene rings is 1. The third-order valence-corrected chi connectivity index (χ3v) is 4.13. The number of guanidine groups is 1. The average Bonchev–Trinajstić information content (AvgIpc) is 2.52. The summed E-state index contributed by atoms with van der Waals surface area (Å²) in [4.78, 5) is 6.63. The molecule has 0 heterocycles. The van der Waals surface area contributed by atoms with Gasteiger partial charge in [0, 0.05) is 26.1 Å². The zero-order valence-corrected chi connectivity index (χ0v) is 13.8. The molecule has 2 N–H and O–H groups in total. The van der Waals surface area contributed by atoms with Crippen LogP contribution in [0.1, 0.15) is 32.3 Å². The van der Waals surface area contributed by atoms with E-state index >= 15 is 0 Å². The van der Waals surface area contributed by atoms with Gasteiger partial charge in [0.1, 0.15) is 0 Å². The van der Waals surface area contributed by atoms with Gasteiger partial charge in [-0.05, 0) is 18.4 Å². The molecule has 0 amide bonds. The van der Waals surface area contributed by atoms with Gasteiger partial charge in [0.05, 0.1) is 13.2 Å². The van der Waals surface area contributed by atoms with Crippen molar-refractivity contribution in [2.24, 2.45) is 10.4 Å². The average molecular weight is 291 g/mol. The van der Waals surface area contributed by atoms with E-state index in [0.717, 1.165) is 25.3 Å². The number of aliphatic hydroxyl groups excluding tert-OH is 1. The highest BCUT2D eigenvalue weighted by Gasteiger charge is 2.25. The Kier molecular flexibility index (Phi) is 7.23. The second-order valence-electron chi connectivity index (χ2n) is 5.74. The lowest BCUT2D eigenvalue weighted by molar-refractivity contribution is 0.117. The third-order valence-electron chi connectivity index (χ3n) is 4.13. The van der Waals surface area contributed by atoms with Crippen molar-refractivity contribution in [2.45, 2.75) is 33.2 Å². The van der Waals surface area contributed by atoms with Crippen molar-refractivity contribution in [2.75, 3.05) is 27.2 Å². The second-order valence-corrected chi connectivity index (χ2v) is 5.74. The lowest BCUT2D eigenvalue weighted by Crippen LogP contribution is -2.44. The zero-order chi connectivity index (χ0) is 15.7. The maximum Gasteiger partial charge on any atom is 0.193 e. The summed E-state index contributed by atoms with van der Waals surface area (Å²) in [5, 5.41) is 13.0. The molecule has 4 nitrogen and oxygen atoms in total. The van der Waals surface area contributed by atoms with E-state index in [1.54, 1.807) is 0 Å². The second kappa shape index (κ2) is 8.67. The van der Waals surface area contributed by atoms with Crippen LogP contribution < -0.4 is 5.32 Å². The number of hydrogen-bond acceptors (Lipinski definition) is 2. The minimum atomic E-state index is -0.0659. The Morgan fingerprint density at radius 3 is 2.29 bits per heavy atom. The first-order valence-electron chi connectivity index (χ1n) is 7.67. The molecular weight excluding hydrogens is 262 g/mol. The predicted molar refractivity (Wildman–Crippen MR) is 89.4 cm³/mol. The smallest absolute Gasteiger partial charge is 0.193 e. The summed E-state index contributed by atoms with van der Waals surface area (Å²) in [6, 6.07) is 10.2. The van der Waals surface area contributed by atoms with Crippen LogP contribution in [0.4, 0.5) is 0 Å². The molecule has 0 aliphatic rings. The molecule has 0 fully saturated rings. The van der Waals surface area contributed by atoms with Crippen molar-refractivity contribution < 1.29 is 5.11 Å². The number of aliphatic imine (C=N–C) groups is 1. The summed E-state index contributed by atoms with van der Waals surface area (Å²) in [7, 11) is 3.96. The van der Waals surface area contributed by atoms with Crippen LogP contribution in [0.5, 0.6) is 0 Å². The Bertz CT molecular complexity index is 417. The molecule has 0 unspecified atom stereocenters. The number of hydrogen-bond donors (Lipinski definition) is 2. The Hall–Kier alpha value is -1.55. The van der Waals surface area contributed by atoms with Crippen LogP contribution in [0.3, 0.4) is 0 Å². The van der Waals surface area contributed by atoms with E-state index in [2.05, 4.69) is 36.3 Å². The van der Waals surface area contributed by atoms with Crippen LogP contribution in [0.2, 0.25) is 0 Å². The first-order chi connectivity index (χ1) is 10.1. The largest absolute Gasteiger partial charge is 0.396 e. The molecule has 118 valence electrons. The van der Waals surface area contributed by atoms with Crippen LogP contribution in [0.15, 0.2) is 35.3 Å². The third kappa shape index (κ3) is 5.38. The Labute approximate surface area is 128 Å². The normalized spacial score (nSPS) is 12.3. The molecule has 0 aliphatic heterocycles. The summed E-state index contributed by atoms with van der Waals surface area (Å²) in [6.45, 7) is 5.84. The summed E-state index contributed by atoms with van der Waals surface area (Å²) in [6.07, 6.45) is 1.90. The van der Waals surface area contributed by atoms with Crippen molar-refractivity contribution in [3.8, 4) is 0 Å². The first kappa shape index (κ1) is 17.5. The molecule has 0 atom stereocenters. The Morgan fingerprint density at radius 1 is 1.19 bits per heavy atom. The summed E-state index contributed by atoms with van der Waals surface area (Å²) in [5.41, 5.74) is 1.13. The minimum absolute atomic E-state index is 0.0659. The molecule has 1 aromatic rings. The SMILES string of the molecule is CCC(CC)(CO)CNC(=NCc1ccccc1)N(C)C. The van der Waals surface area contributed by atoms with E-state index in [4.69, 9.17) is 0 Å². The summed E-state index contributed by atoms with van der Waals surface area (Å²) >= 11 is 0. The van der Waals surface area contributed by atoms with Gasteiger partial charge in [-0.1, -0.05) is 44.2 Å². The van der Waals surface area contributed by atoms with Crippen LogP contribution in [0.25, 0.3) is 0 Å². The van der Waals surface area contributed by atoms with Crippen molar-refractivity contribution in [3.05, 3.63) is 35.9 Å². The van der Waals surface area contributed by atoms with Crippen molar-refractivity contribution in [3.63, 3.8) is 0 Å². The van der Waals surface area contributed by atoms with E-state index in [-0.39, 0.29) is 12.0 Å². The van der Waals surface area contributed by atoms with Gasteiger partial charge in [-0.3, -0.25) is 0 Å². The van der Waals surface area contributed by atoms with Gasteiger partial charge >= 0.3 is 0 Å². The van der Waals surface area contributed by atoms with Gasteiger partial charge in [0.25, 0.3) is 0 Å². The summed E-state index contributed by atoms with van der Waals surface area (Å²) in [5.74, 6) is 0.860.